The molecule has 2 rings (SSSR count). The normalized spacial score (nSPS) is 37.9. The molecule has 0 spiro atoms. The van der Waals surface area contributed by atoms with Crippen molar-refractivity contribution in [3.05, 3.63) is 0 Å². The van der Waals surface area contributed by atoms with Crippen molar-refractivity contribution in [1.82, 2.24) is 0 Å². The molecule has 0 N–H and O–H groups in total. The van der Waals surface area contributed by atoms with Crippen molar-refractivity contribution in [3.8, 4) is 0 Å². The van der Waals surface area contributed by atoms with E-state index in [1.165, 1.54) is 25.7 Å². The van der Waals surface area contributed by atoms with Crippen LogP contribution in [0.15, 0.2) is 0 Å². The van der Waals surface area contributed by atoms with E-state index in [4.69, 9.17) is 9.47 Å². The minimum atomic E-state index is -2.36. The molecule has 1 heterocycles. The number of halogens is 2. The van der Waals surface area contributed by atoms with Gasteiger partial charge in [-0.25, -0.2) is 8.78 Å². The highest BCUT2D eigenvalue weighted by Crippen LogP contribution is 2.40. The Morgan fingerprint density at radius 3 is 2.10 bits per heavy atom. The van der Waals surface area contributed by atoms with E-state index in [0.717, 1.165) is 25.2 Å². The van der Waals surface area contributed by atoms with Crippen molar-refractivity contribution in [2.24, 2.45) is 17.3 Å². The second kappa shape index (κ2) is 7.87. The van der Waals surface area contributed by atoms with Crippen LogP contribution in [0.5, 0.6) is 0 Å². The summed E-state index contributed by atoms with van der Waals surface area (Å²) < 4.78 is 38.1. The Kier molecular flexibility index (Phi) is 6.42. The van der Waals surface area contributed by atoms with Crippen molar-refractivity contribution in [2.45, 2.75) is 77.9 Å². The van der Waals surface area contributed by atoms with Gasteiger partial charge in [-0.15, -0.1) is 0 Å². The van der Waals surface area contributed by atoms with Crippen LogP contribution in [0.1, 0.15) is 65.2 Å². The zero-order valence-corrected chi connectivity index (χ0v) is 13.5. The van der Waals surface area contributed by atoms with Crippen molar-refractivity contribution >= 4 is 0 Å². The van der Waals surface area contributed by atoms with Crippen LogP contribution < -0.4 is 0 Å². The highest BCUT2D eigenvalue weighted by molar-refractivity contribution is 4.86. The minimum absolute atomic E-state index is 0.151. The minimum Gasteiger partial charge on any atom is -0.351 e. The van der Waals surface area contributed by atoms with Gasteiger partial charge < -0.3 is 9.47 Å². The number of ether oxygens (including phenoxy) is 2. The van der Waals surface area contributed by atoms with Crippen LogP contribution in [0, 0.1) is 17.3 Å². The lowest BCUT2D eigenvalue weighted by Crippen LogP contribution is -2.48. The molecule has 0 radical (unpaired) electrons. The molecule has 124 valence electrons. The van der Waals surface area contributed by atoms with Gasteiger partial charge in [0.05, 0.1) is 18.6 Å². The molecule has 0 aromatic carbocycles. The van der Waals surface area contributed by atoms with Gasteiger partial charge in [0, 0.05) is 5.92 Å². The summed E-state index contributed by atoms with van der Waals surface area (Å²) in [7, 11) is 0. The molecule has 0 atom stereocenters. The molecule has 0 aromatic rings. The van der Waals surface area contributed by atoms with E-state index in [2.05, 4.69) is 6.92 Å². The van der Waals surface area contributed by atoms with E-state index < -0.39 is 11.8 Å². The lowest BCUT2D eigenvalue weighted by atomic mass is 9.79. The van der Waals surface area contributed by atoms with Crippen LogP contribution in [0.3, 0.4) is 0 Å². The summed E-state index contributed by atoms with van der Waals surface area (Å²) >= 11 is 0. The van der Waals surface area contributed by atoms with Gasteiger partial charge in [-0.3, -0.25) is 0 Å². The Bertz CT molecular complexity index is 293. The second-order valence-electron chi connectivity index (χ2n) is 6.97. The fourth-order valence-electron chi connectivity index (χ4n) is 3.89. The Labute approximate surface area is 127 Å². The van der Waals surface area contributed by atoms with E-state index in [9.17, 15) is 8.78 Å². The molecule has 2 aliphatic rings. The van der Waals surface area contributed by atoms with Gasteiger partial charge in [-0.1, -0.05) is 33.1 Å². The predicted molar refractivity (Wildman–Crippen MR) is 79.4 cm³/mol. The predicted octanol–water partition coefficient (Wildman–Crippen LogP) is 5.02. The third-order valence-corrected chi connectivity index (χ3v) is 5.25. The summed E-state index contributed by atoms with van der Waals surface area (Å²) in [6, 6.07) is 0. The van der Waals surface area contributed by atoms with Gasteiger partial charge in [0.1, 0.15) is 0 Å². The van der Waals surface area contributed by atoms with Crippen LogP contribution in [0.25, 0.3) is 0 Å². The summed E-state index contributed by atoms with van der Waals surface area (Å²) in [5, 5.41) is 0. The summed E-state index contributed by atoms with van der Waals surface area (Å²) in [6.07, 6.45) is 5.85. The molecule has 0 bridgehead atoms. The molecule has 21 heavy (non-hydrogen) atoms. The van der Waals surface area contributed by atoms with Crippen LogP contribution in [-0.4, -0.2) is 25.9 Å². The van der Waals surface area contributed by atoms with Crippen molar-refractivity contribution in [3.63, 3.8) is 0 Å². The summed E-state index contributed by atoms with van der Waals surface area (Å²) in [4.78, 5) is 0. The molecule has 1 aliphatic heterocycles. The van der Waals surface area contributed by atoms with Crippen molar-refractivity contribution in [2.75, 3.05) is 13.2 Å². The number of alkyl halides is 2. The largest absolute Gasteiger partial charge is 0.351 e. The molecule has 1 aliphatic carbocycles. The number of hydrogen-bond donors (Lipinski definition) is 0. The fourth-order valence-corrected chi connectivity index (χ4v) is 3.89. The van der Waals surface area contributed by atoms with Crippen LogP contribution >= 0.6 is 0 Å². The molecule has 0 unspecified atom stereocenters. The highest BCUT2D eigenvalue weighted by Gasteiger charge is 2.45. The second-order valence-corrected chi connectivity index (χ2v) is 6.97. The van der Waals surface area contributed by atoms with Gasteiger partial charge in [0.25, 0.3) is 0 Å². The van der Waals surface area contributed by atoms with E-state index in [0.29, 0.717) is 12.3 Å². The number of rotatable bonds is 6. The maximum absolute atomic E-state index is 13.3. The van der Waals surface area contributed by atoms with Crippen molar-refractivity contribution in [1.29, 1.82) is 0 Å². The first-order valence-electron chi connectivity index (χ1n) is 8.62. The molecule has 0 aromatic heterocycles. The molecule has 1 saturated carbocycles. The Morgan fingerprint density at radius 1 is 1.00 bits per heavy atom. The van der Waals surface area contributed by atoms with E-state index in [1.807, 2.05) is 6.92 Å². The van der Waals surface area contributed by atoms with Gasteiger partial charge >= 0.3 is 0 Å². The zero-order chi connectivity index (χ0) is 15.3. The average Bonchev–Trinajstić information content (AvgIpc) is 2.49. The lowest BCUT2D eigenvalue weighted by Gasteiger charge is -2.43. The Hall–Kier alpha value is -0.220. The molecule has 1 saturated heterocycles. The summed E-state index contributed by atoms with van der Waals surface area (Å²) in [5.74, 6) is 1.24. The topological polar surface area (TPSA) is 18.5 Å². The highest BCUT2D eigenvalue weighted by atomic mass is 19.3. The maximum Gasteiger partial charge on any atom is 0.248 e. The molecule has 4 heteroatoms. The third-order valence-electron chi connectivity index (χ3n) is 5.25. The zero-order valence-electron chi connectivity index (χ0n) is 13.5. The van der Waals surface area contributed by atoms with Gasteiger partial charge in [0.2, 0.25) is 6.43 Å². The van der Waals surface area contributed by atoms with Crippen LogP contribution in [-0.2, 0) is 9.47 Å². The molecule has 0 amide bonds. The summed E-state index contributed by atoms with van der Waals surface area (Å²) in [6.45, 7) is 4.47. The maximum atomic E-state index is 13.3. The Balaban J connectivity index is 1.81. The van der Waals surface area contributed by atoms with Crippen molar-refractivity contribution < 1.29 is 18.3 Å². The van der Waals surface area contributed by atoms with Gasteiger partial charge in [-0.2, -0.15) is 0 Å². The average molecular weight is 304 g/mol. The van der Waals surface area contributed by atoms with E-state index in [-0.39, 0.29) is 19.5 Å². The first-order valence-corrected chi connectivity index (χ1v) is 8.62. The fraction of sp³-hybridized carbons (Fsp3) is 1.00. The third kappa shape index (κ3) is 4.16. The molecular formula is C17H30F2O2. The molecule has 2 nitrogen and oxygen atoms in total. The van der Waals surface area contributed by atoms with E-state index in [1.54, 1.807) is 0 Å². The smallest absolute Gasteiger partial charge is 0.248 e. The SMILES string of the molecule is CCCC1CCC(C2OCC(CCC)(C(F)F)CO2)CC1. The molecular weight excluding hydrogens is 274 g/mol. The van der Waals surface area contributed by atoms with Crippen LogP contribution in [0.2, 0.25) is 0 Å². The lowest BCUT2D eigenvalue weighted by molar-refractivity contribution is -0.276. The monoisotopic (exact) mass is 304 g/mol. The summed E-state index contributed by atoms with van der Waals surface area (Å²) in [5.41, 5.74) is -1.08. The number of hydrogen-bond acceptors (Lipinski definition) is 2. The Morgan fingerprint density at radius 2 is 1.62 bits per heavy atom. The quantitative estimate of drug-likeness (QED) is 0.686. The van der Waals surface area contributed by atoms with Crippen LogP contribution in [0.4, 0.5) is 8.78 Å². The standard InChI is InChI=1S/C17H30F2O2/c1-3-5-13-6-8-14(9-7-13)15-20-11-17(10-4-2,12-21-15)16(18)19/h13-16H,3-12H2,1-2H3. The van der Waals surface area contributed by atoms with Gasteiger partial charge in [-0.05, 0) is 38.0 Å². The first kappa shape index (κ1) is 17.1. The van der Waals surface area contributed by atoms with Gasteiger partial charge in [0.15, 0.2) is 6.29 Å². The van der Waals surface area contributed by atoms with E-state index >= 15 is 0 Å². The first-order chi connectivity index (χ1) is 10.1. The molecule has 2 fully saturated rings.